The average molecular weight is 402 g/mol. The van der Waals surface area contributed by atoms with Crippen molar-refractivity contribution < 1.29 is 9.53 Å². The lowest BCUT2D eigenvalue weighted by Crippen LogP contribution is -2.38. The Hall–Kier alpha value is -1.85. The summed E-state index contributed by atoms with van der Waals surface area (Å²) in [5.41, 5.74) is 1.27. The van der Waals surface area contributed by atoms with Crippen LogP contribution in [0.15, 0.2) is 52.3 Å². The van der Waals surface area contributed by atoms with Crippen molar-refractivity contribution in [3.8, 4) is 5.75 Å². The van der Waals surface area contributed by atoms with Gasteiger partial charge in [0.2, 0.25) is 0 Å². The van der Waals surface area contributed by atoms with Crippen LogP contribution in [0.25, 0.3) is 10.8 Å². The van der Waals surface area contributed by atoms with E-state index in [4.69, 9.17) is 4.74 Å². The molecule has 3 aromatic rings. The number of benzene rings is 2. The highest BCUT2D eigenvalue weighted by molar-refractivity contribution is 9.10. The lowest BCUT2D eigenvalue weighted by molar-refractivity contribution is -0.134. The topological polar surface area (TPSA) is 29.5 Å². The van der Waals surface area contributed by atoms with Crippen molar-refractivity contribution in [3.05, 3.63) is 62.8 Å². The van der Waals surface area contributed by atoms with Crippen LogP contribution in [0.4, 0.5) is 0 Å². The van der Waals surface area contributed by atoms with Crippen molar-refractivity contribution in [3.63, 3.8) is 0 Å². The van der Waals surface area contributed by atoms with Crippen molar-refractivity contribution >= 4 is 43.9 Å². The zero-order valence-electron chi connectivity index (χ0n) is 13.0. The van der Waals surface area contributed by atoms with Gasteiger partial charge in [0.05, 0.1) is 4.47 Å². The maximum Gasteiger partial charge on any atom is 0.260 e. The minimum atomic E-state index is 0.0342. The molecule has 0 atom stereocenters. The van der Waals surface area contributed by atoms with E-state index in [0.717, 1.165) is 28.2 Å². The minimum absolute atomic E-state index is 0.0342. The summed E-state index contributed by atoms with van der Waals surface area (Å²) in [5.74, 6) is 0.738. The molecule has 2 heterocycles. The van der Waals surface area contributed by atoms with E-state index in [1.807, 2.05) is 35.2 Å². The largest absolute Gasteiger partial charge is 0.483 e. The number of hydrogen-bond donors (Lipinski definition) is 0. The first-order chi connectivity index (χ1) is 11.7. The number of thiophene rings is 1. The third-order valence-electron chi connectivity index (χ3n) is 4.34. The van der Waals surface area contributed by atoms with E-state index in [-0.39, 0.29) is 12.5 Å². The SMILES string of the molecule is O=C(COc1ccc2ccccc2c1Br)N1CCc2sccc2C1. The lowest BCUT2D eigenvalue weighted by atomic mass is 10.1. The normalized spacial score (nSPS) is 13.8. The molecular formula is C19H16BrNO2S. The molecule has 1 aliphatic rings. The summed E-state index contributed by atoms with van der Waals surface area (Å²) in [7, 11) is 0. The molecule has 5 heteroatoms. The average Bonchev–Trinajstić information content (AvgIpc) is 3.09. The smallest absolute Gasteiger partial charge is 0.260 e. The Morgan fingerprint density at radius 1 is 1.21 bits per heavy atom. The molecule has 0 fully saturated rings. The second-order valence-electron chi connectivity index (χ2n) is 5.82. The first kappa shape index (κ1) is 15.7. The van der Waals surface area contributed by atoms with Gasteiger partial charge in [0.1, 0.15) is 5.75 Å². The number of nitrogens with zero attached hydrogens (tertiary/aromatic N) is 1. The van der Waals surface area contributed by atoms with Crippen molar-refractivity contribution in [2.75, 3.05) is 13.2 Å². The van der Waals surface area contributed by atoms with Crippen LogP contribution in [0.5, 0.6) is 5.75 Å². The maximum absolute atomic E-state index is 12.5. The van der Waals surface area contributed by atoms with Crippen LogP contribution in [0.2, 0.25) is 0 Å². The van der Waals surface area contributed by atoms with Gasteiger partial charge in [0, 0.05) is 18.0 Å². The molecule has 1 aliphatic heterocycles. The molecule has 3 nitrogen and oxygen atoms in total. The monoisotopic (exact) mass is 401 g/mol. The van der Waals surface area contributed by atoms with E-state index in [1.54, 1.807) is 11.3 Å². The minimum Gasteiger partial charge on any atom is -0.483 e. The molecular weight excluding hydrogens is 386 g/mol. The third kappa shape index (κ3) is 2.94. The van der Waals surface area contributed by atoms with Gasteiger partial charge in [-0.05, 0) is 56.2 Å². The van der Waals surface area contributed by atoms with Gasteiger partial charge in [0.25, 0.3) is 5.91 Å². The third-order valence-corrected chi connectivity index (χ3v) is 6.18. The van der Waals surface area contributed by atoms with Gasteiger partial charge in [-0.1, -0.05) is 30.3 Å². The highest BCUT2D eigenvalue weighted by Crippen LogP contribution is 2.33. The van der Waals surface area contributed by atoms with E-state index in [9.17, 15) is 4.79 Å². The number of hydrogen-bond acceptors (Lipinski definition) is 3. The predicted molar refractivity (Wildman–Crippen MR) is 101 cm³/mol. The fraction of sp³-hybridized carbons (Fsp3) is 0.211. The first-order valence-corrected chi connectivity index (χ1v) is 9.53. The van der Waals surface area contributed by atoms with Crippen LogP contribution in [-0.4, -0.2) is 24.0 Å². The first-order valence-electron chi connectivity index (χ1n) is 7.85. The van der Waals surface area contributed by atoms with Gasteiger partial charge in [-0.15, -0.1) is 11.3 Å². The molecule has 122 valence electrons. The van der Waals surface area contributed by atoms with Crippen LogP contribution in [-0.2, 0) is 17.8 Å². The molecule has 1 amide bonds. The highest BCUT2D eigenvalue weighted by atomic mass is 79.9. The second kappa shape index (κ2) is 6.57. The summed E-state index contributed by atoms with van der Waals surface area (Å²) in [4.78, 5) is 15.7. The van der Waals surface area contributed by atoms with E-state index in [2.05, 4.69) is 33.4 Å². The van der Waals surface area contributed by atoms with Crippen LogP contribution < -0.4 is 4.74 Å². The molecule has 0 saturated carbocycles. The van der Waals surface area contributed by atoms with E-state index in [1.165, 1.54) is 10.4 Å². The quantitative estimate of drug-likeness (QED) is 0.640. The fourth-order valence-electron chi connectivity index (χ4n) is 3.02. The van der Waals surface area contributed by atoms with Gasteiger partial charge in [0.15, 0.2) is 6.61 Å². The summed E-state index contributed by atoms with van der Waals surface area (Å²) < 4.78 is 6.69. The molecule has 4 rings (SSSR count). The van der Waals surface area contributed by atoms with Gasteiger partial charge in [-0.2, -0.15) is 0 Å². The van der Waals surface area contributed by atoms with Crippen molar-refractivity contribution in [1.82, 2.24) is 4.90 Å². The van der Waals surface area contributed by atoms with Gasteiger partial charge < -0.3 is 9.64 Å². The van der Waals surface area contributed by atoms with Crippen LogP contribution in [0.1, 0.15) is 10.4 Å². The summed E-state index contributed by atoms with van der Waals surface area (Å²) in [6.45, 7) is 1.53. The van der Waals surface area contributed by atoms with Gasteiger partial charge in [-0.3, -0.25) is 4.79 Å². The molecule has 0 unspecified atom stereocenters. The van der Waals surface area contributed by atoms with Crippen LogP contribution in [0, 0.1) is 0 Å². The van der Waals surface area contributed by atoms with E-state index >= 15 is 0 Å². The number of carbonyl (C=O) groups excluding carboxylic acids is 1. The van der Waals surface area contributed by atoms with Crippen molar-refractivity contribution in [2.24, 2.45) is 0 Å². The Bertz CT molecular complexity index is 905. The number of ether oxygens (including phenoxy) is 1. The van der Waals surface area contributed by atoms with Crippen molar-refractivity contribution in [1.29, 1.82) is 0 Å². The molecule has 1 aromatic heterocycles. The lowest BCUT2D eigenvalue weighted by Gasteiger charge is -2.27. The number of fused-ring (bicyclic) bond motifs is 2. The van der Waals surface area contributed by atoms with Crippen LogP contribution >= 0.6 is 27.3 Å². The van der Waals surface area contributed by atoms with Crippen molar-refractivity contribution in [2.45, 2.75) is 13.0 Å². The highest BCUT2D eigenvalue weighted by Gasteiger charge is 2.22. The van der Waals surface area contributed by atoms with E-state index < -0.39 is 0 Å². The zero-order chi connectivity index (χ0) is 16.5. The van der Waals surface area contributed by atoms with Gasteiger partial charge >= 0.3 is 0 Å². The molecule has 0 bridgehead atoms. The van der Waals surface area contributed by atoms with Crippen LogP contribution in [0.3, 0.4) is 0 Å². The summed E-state index contributed by atoms with van der Waals surface area (Å²) in [5, 5.41) is 4.33. The molecule has 0 spiro atoms. The number of carbonyl (C=O) groups is 1. The Kier molecular flexibility index (Phi) is 4.29. The Morgan fingerprint density at radius 2 is 2.08 bits per heavy atom. The van der Waals surface area contributed by atoms with E-state index in [0.29, 0.717) is 12.3 Å². The Labute approximate surface area is 153 Å². The predicted octanol–water partition coefficient (Wildman–Crippen LogP) is 4.63. The molecule has 0 N–H and O–H groups in total. The summed E-state index contributed by atoms with van der Waals surface area (Å²) in [6.07, 6.45) is 0.943. The maximum atomic E-state index is 12.5. The second-order valence-corrected chi connectivity index (χ2v) is 7.62. The Balaban J connectivity index is 1.45. The summed E-state index contributed by atoms with van der Waals surface area (Å²) >= 11 is 5.37. The summed E-state index contributed by atoms with van der Waals surface area (Å²) in [6, 6.07) is 14.1. The molecule has 24 heavy (non-hydrogen) atoms. The zero-order valence-corrected chi connectivity index (χ0v) is 15.4. The standard InChI is InChI=1S/C19H16BrNO2S/c20-19-15-4-2-1-3-13(15)5-6-16(19)23-12-18(22)21-9-7-17-14(11-21)8-10-24-17/h1-6,8,10H,7,9,11-12H2. The fourth-order valence-corrected chi connectivity index (χ4v) is 4.51. The Morgan fingerprint density at radius 3 is 3.00 bits per heavy atom. The van der Waals surface area contributed by atoms with Gasteiger partial charge in [-0.25, -0.2) is 0 Å². The molecule has 0 saturated heterocycles. The molecule has 0 radical (unpaired) electrons. The molecule has 2 aromatic carbocycles. The molecule has 0 aliphatic carbocycles. The number of rotatable bonds is 3. The number of amides is 1. The number of halogens is 1.